The van der Waals surface area contributed by atoms with Crippen LogP contribution in [0.3, 0.4) is 0 Å². The number of rotatable bonds is 3. The summed E-state index contributed by atoms with van der Waals surface area (Å²) in [5, 5.41) is 0. The van der Waals surface area contributed by atoms with Crippen molar-refractivity contribution in [3.8, 4) is 5.88 Å². The molecule has 1 aliphatic heterocycles. The zero-order valence-corrected chi connectivity index (χ0v) is 11.4. The predicted octanol–water partition coefficient (Wildman–Crippen LogP) is 0.950. The van der Waals surface area contributed by atoms with Crippen LogP contribution in [-0.2, 0) is 0 Å². The fourth-order valence-corrected chi connectivity index (χ4v) is 2.29. The third-order valence-electron chi connectivity index (χ3n) is 3.26. The maximum absolute atomic E-state index is 12.3. The Kier molecular flexibility index (Phi) is 3.99. The van der Waals surface area contributed by atoms with Crippen LogP contribution in [0.15, 0.2) is 37.1 Å². The van der Waals surface area contributed by atoms with Crippen molar-refractivity contribution in [1.82, 2.24) is 24.8 Å². The summed E-state index contributed by atoms with van der Waals surface area (Å²) < 4.78 is 5.79. The summed E-state index contributed by atoms with van der Waals surface area (Å²) in [6, 6.07) is 3.40. The molecule has 3 heterocycles. The van der Waals surface area contributed by atoms with Crippen molar-refractivity contribution in [2.45, 2.75) is 18.9 Å². The molecule has 0 unspecified atom stereocenters. The Bertz CT molecular complexity index is 593. The number of amides is 1. The van der Waals surface area contributed by atoms with E-state index in [9.17, 15) is 4.79 Å². The van der Waals surface area contributed by atoms with E-state index >= 15 is 0 Å². The lowest BCUT2D eigenvalue weighted by Gasteiger charge is -2.32. The zero-order chi connectivity index (χ0) is 14.5. The average molecular weight is 285 g/mol. The van der Waals surface area contributed by atoms with Crippen molar-refractivity contribution >= 4 is 5.91 Å². The highest BCUT2D eigenvalue weighted by Crippen LogP contribution is 2.17. The molecule has 1 fully saturated rings. The molecule has 1 saturated heterocycles. The fraction of sp³-hybridized carbons (Fsp3) is 0.357. The van der Waals surface area contributed by atoms with Crippen molar-refractivity contribution in [2.24, 2.45) is 0 Å². The Morgan fingerprint density at radius 3 is 2.86 bits per heavy atom. The SMILES string of the molecule is O=C(c1ncccn1)N1CCC[C@H](Oc2ccncn2)C1. The molecule has 21 heavy (non-hydrogen) atoms. The molecule has 1 aliphatic rings. The molecule has 3 rings (SSSR count). The van der Waals surface area contributed by atoms with E-state index in [0.717, 1.165) is 12.8 Å². The van der Waals surface area contributed by atoms with Gasteiger partial charge >= 0.3 is 0 Å². The van der Waals surface area contributed by atoms with E-state index in [0.29, 0.717) is 19.0 Å². The maximum atomic E-state index is 12.3. The van der Waals surface area contributed by atoms with Crippen molar-refractivity contribution in [3.05, 3.63) is 42.9 Å². The first-order valence-corrected chi connectivity index (χ1v) is 6.82. The molecule has 0 radical (unpaired) electrons. The van der Waals surface area contributed by atoms with Crippen LogP contribution >= 0.6 is 0 Å². The van der Waals surface area contributed by atoms with Gasteiger partial charge in [-0.2, -0.15) is 0 Å². The summed E-state index contributed by atoms with van der Waals surface area (Å²) in [6.45, 7) is 1.21. The van der Waals surface area contributed by atoms with Crippen LogP contribution < -0.4 is 4.74 Å². The third kappa shape index (κ3) is 3.31. The monoisotopic (exact) mass is 285 g/mol. The predicted molar refractivity (Wildman–Crippen MR) is 73.6 cm³/mol. The largest absolute Gasteiger partial charge is 0.472 e. The Labute approximate surface area is 122 Å². The number of carbonyl (C=O) groups is 1. The van der Waals surface area contributed by atoms with Crippen LogP contribution in [0.25, 0.3) is 0 Å². The van der Waals surface area contributed by atoms with Gasteiger partial charge in [0.1, 0.15) is 12.4 Å². The van der Waals surface area contributed by atoms with Gasteiger partial charge in [0, 0.05) is 31.2 Å². The van der Waals surface area contributed by atoms with Crippen LogP contribution in [0.4, 0.5) is 0 Å². The van der Waals surface area contributed by atoms with Gasteiger partial charge < -0.3 is 9.64 Å². The van der Waals surface area contributed by atoms with Gasteiger partial charge in [-0.3, -0.25) is 4.79 Å². The maximum Gasteiger partial charge on any atom is 0.291 e. The van der Waals surface area contributed by atoms with Crippen molar-refractivity contribution in [1.29, 1.82) is 0 Å². The van der Waals surface area contributed by atoms with Gasteiger partial charge in [-0.05, 0) is 18.9 Å². The van der Waals surface area contributed by atoms with Gasteiger partial charge in [0.15, 0.2) is 0 Å². The number of likely N-dealkylation sites (tertiary alicyclic amines) is 1. The Balaban J connectivity index is 1.64. The highest BCUT2D eigenvalue weighted by Gasteiger charge is 2.27. The number of nitrogens with zero attached hydrogens (tertiary/aromatic N) is 5. The molecular formula is C14H15N5O2. The van der Waals surface area contributed by atoms with E-state index in [1.807, 2.05) is 0 Å². The smallest absolute Gasteiger partial charge is 0.291 e. The van der Waals surface area contributed by atoms with Crippen LogP contribution in [0.2, 0.25) is 0 Å². The summed E-state index contributed by atoms with van der Waals surface area (Å²) in [5.74, 6) is 0.590. The van der Waals surface area contributed by atoms with Gasteiger partial charge in [0.25, 0.3) is 5.91 Å². The summed E-state index contributed by atoms with van der Waals surface area (Å²) >= 11 is 0. The Morgan fingerprint density at radius 1 is 1.24 bits per heavy atom. The molecule has 2 aromatic rings. The second-order valence-electron chi connectivity index (χ2n) is 4.75. The summed E-state index contributed by atoms with van der Waals surface area (Å²) in [6.07, 6.45) is 7.92. The molecule has 0 saturated carbocycles. The normalized spacial score (nSPS) is 18.3. The molecule has 2 aromatic heterocycles. The van der Waals surface area contributed by atoms with E-state index in [1.165, 1.54) is 6.33 Å². The van der Waals surface area contributed by atoms with Crippen molar-refractivity contribution in [2.75, 3.05) is 13.1 Å². The van der Waals surface area contributed by atoms with E-state index < -0.39 is 0 Å². The van der Waals surface area contributed by atoms with Gasteiger partial charge in [-0.1, -0.05) is 0 Å². The first-order valence-electron chi connectivity index (χ1n) is 6.82. The average Bonchev–Trinajstić information content (AvgIpc) is 2.56. The molecule has 0 aromatic carbocycles. The topological polar surface area (TPSA) is 81.1 Å². The standard InChI is InChI=1S/C14H15N5O2/c20-14(13-16-5-2-6-17-13)19-8-1-3-11(9-19)21-12-4-7-15-10-18-12/h2,4-7,10-11H,1,3,8-9H2/t11-/m0/s1. The summed E-state index contributed by atoms with van der Waals surface area (Å²) in [5.41, 5.74) is 0. The minimum absolute atomic E-state index is 0.0682. The lowest BCUT2D eigenvalue weighted by molar-refractivity contribution is 0.0516. The fourth-order valence-electron chi connectivity index (χ4n) is 2.29. The zero-order valence-electron chi connectivity index (χ0n) is 11.4. The molecular weight excluding hydrogens is 270 g/mol. The van der Waals surface area contributed by atoms with E-state index in [4.69, 9.17) is 4.74 Å². The van der Waals surface area contributed by atoms with Gasteiger partial charge in [0.2, 0.25) is 11.7 Å². The molecule has 1 atom stereocenters. The number of hydrogen-bond donors (Lipinski definition) is 0. The molecule has 7 heteroatoms. The second-order valence-corrected chi connectivity index (χ2v) is 4.75. The highest BCUT2D eigenvalue weighted by atomic mass is 16.5. The van der Waals surface area contributed by atoms with E-state index in [-0.39, 0.29) is 17.8 Å². The second kappa shape index (κ2) is 6.25. The number of aromatic nitrogens is 4. The van der Waals surface area contributed by atoms with Gasteiger partial charge in [-0.25, -0.2) is 19.9 Å². The van der Waals surface area contributed by atoms with E-state index in [1.54, 1.807) is 35.6 Å². The summed E-state index contributed by atoms with van der Waals surface area (Å²) in [4.78, 5) is 29.9. The van der Waals surface area contributed by atoms with Crippen LogP contribution in [0.5, 0.6) is 5.88 Å². The van der Waals surface area contributed by atoms with Crippen LogP contribution in [0.1, 0.15) is 23.5 Å². The van der Waals surface area contributed by atoms with Gasteiger partial charge in [0.05, 0.1) is 6.54 Å². The van der Waals surface area contributed by atoms with Crippen molar-refractivity contribution in [3.63, 3.8) is 0 Å². The van der Waals surface area contributed by atoms with Gasteiger partial charge in [-0.15, -0.1) is 0 Å². The molecule has 108 valence electrons. The quantitative estimate of drug-likeness (QED) is 0.835. The van der Waals surface area contributed by atoms with Crippen LogP contribution in [-0.4, -0.2) is 49.9 Å². The molecule has 7 nitrogen and oxygen atoms in total. The Hall–Kier alpha value is -2.57. The molecule has 0 bridgehead atoms. The number of hydrogen-bond acceptors (Lipinski definition) is 6. The Morgan fingerprint density at radius 2 is 2.10 bits per heavy atom. The third-order valence-corrected chi connectivity index (χ3v) is 3.26. The molecule has 0 aliphatic carbocycles. The lowest BCUT2D eigenvalue weighted by atomic mass is 10.1. The molecule has 1 amide bonds. The summed E-state index contributed by atoms with van der Waals surface area (Å²) in [7, 11) is 0. The van der Waals surface area contributed by atoms with E-state index in [2.05, 4.69) is 19.9 Å². The number of ether oxygens (including phenoxy) is 1. The lowest BCUT2D eigenvalue weighted by Crippen LogP contribution is -2.44. The molecule has 0 spiro atoms. The highest BCUT2D eigenvalue weighted by molar-refractivity contribution is 5.90. The number of piperidine rings is 1. The minimum Gasteiger partial charge on any atom is -0.472 e. The minimum atomic E-state index is -0.161. The first-order chi connectivity index (χ1) is 10.3. The van der Waals surface area contributed by atoms with Crippen LogP contribution in [0, 0.1) is 0 Å². The van der Waals surface area contributed by atoms with Crippen molar-refractivity contribution < 1.29 is 9.53 Å². The number of carbonyl (C=O) groups excluding carboxylic acids is 1. The molecule has 0 N–H and O–H groups in total. The first kappa shape index (κ1) is 13.4.